The van der Waals surface area contributed by atoms with E-state index < -0.39 is 0 Å². The molecule has 5 aromatic carbocycles. The number of carbonyl (C=O) groups is 3. The van der Waals surface area contributed by atoms with Crippen LogP contribution >= 0.6 is 34.8 Å². The fourth-order valence-corrected chi connectivity index (χ4v) is 16.6. The van der Waals surface area contributed by atoms with E-state index >= 15 is 0 Å². The van der Waals surface area contributed by atoms with Crippen molar-refractivity contribution in [3.8, 4) is 6.07 Å². The monoisotopic (exact) mass is 1560 g/mol. The molecule has 7 N–H and O–H groups in total. The summed E-state index contributed by atoms with van der Waals surface area (Å²) in [4.78, 5) is 61.1. The van der Waals surface area contributed by atoms with Crippen LogP contribution < -0.4 is 16.0 Å². The number of nitrogens with one attached hydrogen (secondary N) is 3. The number of aliphatic hydroxyl groups is 4. The number of rotatable bonds is 19. The van der Waals surface area contributed by atoms with E-state index in [9.17, 15) is 34.8 Å². The summed E-state index contributed by atoms with van der Waals surface area (Å²) < 4.78 is 0. The number of carbonyl (C=O) groups excluding carboxylic acids is 3. The van der Waals surface area contributed by atoms with Crippen LogP contribution in [0.4, 0.5) is 0 Å². The summed E-state index contributed by atoms with van der Waals surface area (Å²) in [5, 5.41) is 57.0. The molecule has 3 amide bonds. The van der Waals surface area contributed by atoms with Crippen LogP contribution in [0.25, 0.3) is 0 Å². The van der Waals surface area contributed by atoms with Gasteiger partial charge in [0, 0.05) is 254 Å². The first-order chi connectivity index (χ1) is 52.3. The van der Waals surface area contributed by atoms with Gasteiger partial charge in [-0.25, -0.2) is 0 Å². The van der Waals surface area contributed by atoms with Gasteiger partial charge < -0.3 is 51.1 Å². The van der Waals surface area contributed by atoms with E-state index in [2.05, 4.69) is 176 Å². The minimum Gasteiger partial charge on any atom is -0.392 e. The first kappa shape index (κ1) is 88.8. The van der Waals surface area contributed by atoms with Crippen LogP contribution in [-0.4, -0.2) is 329 Å². The number of halogens is 3. The summed E-state index contributed by atoms with van der Waals surface area (Å²) in [5.74, 6) is 0.894. The predicted octanol–water partition coefficient (Wildman–Crippen LogP) is 6.37. The molecule has 0 bridgehead atoms. The lowest BCUT2D eigenvalue weighted by Crippen LogP contribution is -2.59. The standard InChI is InChI=1S/C23H31N3O.C19H25Cl2N3O3.C19H23ClN2.C11H21N3O2.C9H19N3O.C2H3N.CH4/c27-23-11-12-24(19-23)17-22-18-25(15-20-7-3-1-4-8-20)13-14-26(22)16-21-9-5-2-6-10-21;1-13(25)23-6-7-24(15(11-23)10-22-5-4-16(26)12-22)19(27)9-14-2-3-17(20)18(21)8-14;20-13-19-16-21(14-17-7-3-1-4-8-17)11-12-22(19)15-18-9-5-2-6-10-18;1-9(15)14-5-3-12-10(7-14)6-13-4-2-11(16)8-13;13-9-1-4-12(7-9)6-8-5-10-2-3-11-8;1-2-3;/h1-10,22-23,27H,11-19H2;2-3,8,15-16,26H,4-7,9-12H2,1H3;1-10,19H,11-16H2;10-12,16H,2-8H2,1H3;8-11,13H,1-7H2;1H3;1H4/t22?,23-;;;;8?,9-;;/m0...0../s1. The predicted molar refractivity (Wildman–Crippen MR) is 438 cm³/mol. The van der Waals surface area contributed by atoms with Gasteiger partial charge >= 0.3 is 0 Å². The van der Waals surface area contributed by atoms with Gasteiger partial charge in [-0.3, -0.25) is 53.6 Å². The first-order valence-electron chi connectivity index (χ1n) is 39.3. The van der Waals surface area contributed by atoms with Crippen molar-refractivity contribution in [1.82, 2.24) is 69.8 Å². The maximum atomic E-state index is 13.0. The molecular formula is C84H126Cl3N15O7. The number of benzene rings is 5. The molecule has 109 heavy (non-hydrogen) atoms. The van der Waals surface area contributed by atoms with Crippen molar-refractivity contribution in [2.24, 2.45) is 0 Å². The van der Waals surface area contributed by atoms with Gasteiger partial charge in [-0.2, -0.15) is 5.26 Å². The molecule has 9 aliphatic heterocycles. The number of likely N-dealkylation sites (tertiary alicyclic amines) is 4. The van der Waals surface area contributed by atoms with Crippen molar-refractivity contribution >= 4 is 52.5 Å². The quantitative estimate of drug-likeness (QED) is 0.0446. The molecule has 600 valence electrons. The first-order valence-corrected chi connectivity index (χ1v) is 40.6. The number of hydrogen-bond acceptors (Lipinski definition) is 19. The van der Waals surface area contributed by atoms with Crippen LogP contribution in [-0.2, 0) is 47.0 Å². The summed E-state index contributed by atoms with van der Waals surface area (Å²) in [7, 11) is 0. The number of nitrogens with zero attached hydrogens (tertiary/aromatic N) is 12. The molecule has 25 heteroatoms. The third-order valence-electron chi connectivity index (χ3n) is 21.8. The van der Waals surface area contributed by atoms with Crippen LogP contribution in [0, 0.1) is 11.3 Å². The second kappa shape index (κ2) is 47.7. The number of alkyl halides is 1. The largest absolute Gasteiger partial charge is 0.392 e. The molecule has 0 saturated carbocycles. The van der Waals surface area contributed by atoms with Crippen LogP contribution in [0.5, 0.6) is 0 Å². The summed E-state index contributed by atoms with van der Waals surface area (Å²) in [6.07, 6.45) is 3.04. The van der Waals surface area contributed by atoms with Crippen LogP contribution in [0.1, 0.15) is 81.7 Å². The van der Waals surface area contributed by atoms with Crippen molar-refractivity contribution in [2.45, 2.75) is 141 Å². The van der Waals surface area contributed by atoms with E-state index in [1.807, 2.05) is 15.9 Å². The highest BCUT2D eigenvalue weighted by Crippen LogP contribution is 2.26. The molecule has 9 fully saturated rings. The molecule has 5 aromatic rings. The Morgan fingerprint density at radius 1 is 0.440 bits per heavy atom. The molecule has 0 aliphatic carbocycles. The van der Waals surface area contributed by atoms with Gasteiger partial charge in [-0.05, 0) is 65.6 Å². The van der Waals surface area contributed by atoms with Gasteiger partial charge in [0.2, 0.25) is 17.7 Å². The summed E-state index contributed by atoms with van der Waals surface area (Å²) in [6.45, 7) is 33.2. The smallest absolute Gasteiger partial charge is 0.227 e. The van der Waals surface area contributed by atoms with E-state index in [4.69, 9.17) is 40.1 Å². The third kappa shape index (κ3) is 30.9. The molecule has 7 unspecified atom stereocenters. The Bertz CT molecular complexity index is 3450. The van der Waals surface area contributed by atoms with Gasteiger partial charge in [-0.1, -0.05) is 158 Å². The third-order valence-corrected chi connectivity index (χ3v) is 22.9. The highest BCUT2D eigenvalue weighted by Gasteiger charge is 2.36. The average molecular weight is 1560 g/mol. The molecule has 0 spiro atoms. The van der Waals surface area contributed by atoms with Crippen molar-refractivity contribution in [3.05, 3.63) is 177 Å². The number of β-amino-alcohol motifs (C(OH)–C–C–N with tert-alkyl or cyclic N) is 4. The van der Waals surface area contributed by atoms with E-state index in [0.717, 1.165) is 201 Å². The molecule has 0 radical (unpaired) electrons. The van der Waals surface area contributed by atoms with Crippen molar-refractivity contribution in [3.63, 3.8) is 0 Å². The second-order valence-electron chi connectivity index (χ2n) is 30.4. The lowest BCUT2D eigenvalue weighted by atomic mass is 10.1. The Morgan fingerprint density at radius 3 is 1.29 bits per heavy atom. The number of aliphatic hydroxyl groups excluding tert-OH is 4. The lowest BCUT2D eigenvalue weighted by molar-refractivity contribution is -0.142. The molecule has 22 nitrogen and oxygen atoms in total. The lowest BCUT2D eigenvalue weighted by Gasteiger charge is -2.43. The van der Waals surface area contributed by atoms with Gasteiger partial charge in [0.1, 0.15) is 0 Å². The molecule has 14 rings (SSSR count). The molecule has 9 heterocycles. The maximum absolute atomic E-state index is 13.0. The van der Waals surface area contributed by atoms with E-state index in [1.165, 1.54) is 29.2 Å². The van der Waals surface area contributed by atoms with Gasteiger partial charge in [0.25, 0.3) is 0 Å². The zero-order chi connectivity index (χ0) is 76.6. The zero-order valence-electron chi connectivity index (χ0n) is 64.2. The maximum Gasteiger partial charge on any atom is 0.227 e. The molecule has 9 atom stereocenters. The molecule has 0 aromatic heterocycles. The Kier molecular flexibility index (Phi) is 38.9. The average Bonchev–Trinajstić information content (AvgIpc) is 1.48. The number of piperazine rings is 5. The highest BCUT2D eigenvalue weighted by molar-refractivity contribution is 6.42. The molecular weight excluding hydrogens is 1440 g/mol. The van der Waals surface area contributed by atoms with Crippen LogP contribution in [0.15, 0.2) is 140 Å². The second-order valence-corrected chi connectivity index (χ2v) is 31.6. The number of amides is 3. The SMILES string of the molecule is C.CC#N.CC(=O)N1CCN(C(=O)Cc2ccc(Cl)c(Cl)c2)C(CN2CCC(O)C2)C1.CC(=O)N1CCNC(CN2CCC(O)C2)C1.ClCC1CN(Cc2ccccc2)CCN1Cc1ccccc1.O[C@H]1CCN(CC2CN(Cc3ccccc3)CCN2Cc2ccccc2)C1.O[C@H]1CCN(CC2CNCCN2)C1. The minimum absolute atomic E-state index is 0. The molecule has 9 saturated heterocycles. The number of hydrogen-bond donors (Lipinski definition) is 7. The summed E-state index contributed by atoms with van der Waals surface area (Å²) in [5.41, 5.74) is 6.35. The minimum atomic E-state index is -0.308. The topological polar surface area (TPSA) is 228 Å². The van der Waals surface area contributed by atoms with Gasteiger partial charge in [0.15, 0.2) is 0 Å². The van der Waals surface area contributed by atoms with Gasteiger partial charge in [-0.15, -0.1) is 11.6 Å². The Labute approximate surface area is 665 Å². The van der Waals surface area contributed by atoms with Crippen molar-refractivity contribution in [2.75, 3.05) is 183 Å². The number of nitriles is 1. The van der Waals surface area contributed by atoms with E-state index in [0.29, 0.717) is 72.8 Å². The molecule has 9 aliphatic rings. The normalized spacial score (nSPS) is 25.3. The highest BCUT2D eigenvalue weighted by atomic mass is 35.5. The fourth-order valence-electron chi connectivity index (χ4n) is 16.0. The van der Waals surface area contributed by atoms with Crippen LogP contribution in [0.2, 0.25) is 10.0 Å². The van der Waals surface area contributed by atoms with Crippen molar-refractivity contribution in [1.29, 1.82) is 5.26 Å². The van der Waals surface area contributed by atoms with E-state index in [1.54, 1.807) is 36.9 Å². The summed E-state index contributed by atoms with van der Waals surface area (Å²) >= 11 is 18.3. The Balaban J connectivity index is 0.000000173. The Morgan fingerprint density at radius 2 is 0.862 bits per heavy atom. The summed E-state index contributed by atoms with van der Waals surface area (Å²) in [6, 6.07) is 51.7. The van der Waals surface area contributed by atoms with Crippen molar-refractivity contribution < 1.29 is 34.8 Å². The van der Waals surface area contributed by atoms with Crippen LogP contribution in [0.3, 0.4) is 0 Å². The zero-order valence-corrected chi connectivity index (χ0v) is 66.4. The fraction of sp³-hybridized carbons (Fsp3) is 0.595. The van der Waals surface area contributed by atoms with Gasteiger partial charge in [0.05, 0.1) is 53.0 Å². The van der Waals surface area contributed by atoms with E-state index in [-0.39, 0.29) is 62.0 Å². The Hall–Kier alpha value is -5.73.